The molecule has 1 aromatic rings. The van der Waals surface area contributed by atoms with Crippen molar-refractivity contribution in [3.8, 4) is 11.5 Å². The SMILES string of the molecule is COc1cccc(C(=O)N[C@@H]2CN3CCC2CC3)c1OC. The van der Waals surface area contributed by atoms with E-state index in [1.54, 1.807) is 26.4 Å². The van der Waals surface area contributed by atoms with Crippen molar-refractivity contribution in [2.75, 3.05) is 33.9 Å². The van der Waals surface area contributed by atoms with Gasteiger partial charge in [0, 0.05) is 12.6 Å². The molecule has 3 fully saturated rings. The zero-order valence-corrected chi connectivity index (χ0v) is 12.6. The predicted octanol–water partition coefficient (Wildman–Crippen LogP) is 1.53. The highest BCUT2D eigenvalue weighted by molar-refractivity contribution is 5.98. The van der Waals surface area contributed by atoms with Gasteiger partial charge in [0.25, 0.3) is 5.91 Å². The fourth-order valence-electron chi connectivity index (χ4n) is 3.44. The second kappa shape index (κ2) is 5.93. The van der Waals surface area contributed by atoms with Crippen molar-refractivity contribution < 1.29 is 14.3 Å². The van der Waals surface area contributed by atoms with Crippen LogP contribution in [0.5, 0.6) is 11.5 Å². The summed E-state index contributed by atoms with van der Waals surface area (Å²) in [7, 11) is 3.13. The number of amides is 1. The molecule has 3 aliphatic heterocycles. The van der Waals surface area contributed by atoms with Crippen LogP contribution in [0.2, 0.25) is 0 Å². The molecular formula is C16H22N2O3. The lowest BCUT2D eigenvalue weighted by atomic mass is 9.84. The van der Waals surface area contributed by atoms with Gasteiger partial charge in [0.2, 0.25) is 0 Å². The number of benzene rings is 1. The van der Waals surface area contributed by atoms with Crippen molar-refractivity contribution in [1.29, 1.82) is 0 Å². The van der Waals surface area contributed by atoms with Crippen LogP contribution in [-0.4, -0.2) is 50.7 Å². The number of para-hydroxylation sites is 1. The molecule has 1 aromatic carbocycles. The van der Waals surface area contributed by atoms with E-state index in [1.165, 1.54) is 25.9 Å². The topological polar surface area (TPSA) is 50.8 Å². The van der Waals surface area contributed by atoms with Gasteiger partial charge in [-0.3, -0.25) is 4.79 Å². The predicted molar refractivity (Wildman–Crippen MR) is 80.0 cm³/mol. The maximum Gasteiger partial charge on any atom is 0.255 e. The average molecular weight is 290 g/mol. The third-order valence-corrected chi connectivity index (χ3v) is 4.62. The smallest absolute Gasteiger partial charge is 0.255 e. The minimum absolute atomic E-state index is 0.0792. The van der Waals surface area contributed by atoms with Crippen LogP contribution in [0.25, 0.3) is 0 Å². The molecule has 5 heteroatoms. The van der Waals surface area contributed by atoms with Crippen molar-refractivity contribution in [1.82, 2.24) is 10.2 Å². The van der Waals surface area contributed by atoms with E-state index < -0.39 is 0 Å². The van der Waals surface area contributed by atoms with E-state index >= 15 is 0 Å². The Bertz CT molecular complexity index is 524. The Kier molecular flexibility index (Phi) is 4.01. The number of methoxy groups -OCH3 is 2. The van der Waals surface area contributed by atoms with Crippen molar-refractivity contribution >= 4 is 5.91 Å². The van der Waals surface area contributed by atoms with Gasteiger partial charge in [-0.05, 0) is 44.0 Å². The number of rotatable bonds is 4. The van der Waals surface area contributed by atoms with E-state index in [0.29, 0.717) is 23.0 Å². The molecule has 0 aromatic heterocycles. The zero-order valence-electron chi connectivity index (χ0n) is 12.6. The number of nitrogens with one attached hydrogen (secondary N) is 1. The molecule has 0 saturated carbocycles. The van der Waals surface area contributed by atoms with E-state index in [-0.39, 0.29) is 11.9 Å². The Morgan fingerprint density at radius 1 is 1.24 bits per heavy atom. The first-order valence-electron chi connectivity index (χ1n) is 7.47. The van der Waals surface area contributed by atoms with Crippen LogP contribution in [0.1, 0.15) is 23.2 Å². The maximum atomic E-state index is 12.6. The number of carbonyl (C=O) groups is 1. The Hall–Kier alpha value is -1.75. The summed E-state index contributed by atoms with van der Waals surface area (Å²) in [6.45, 7) is 3.29. The summed E-state index contributed by atoms with van der Waals surface area (Å²) in [5.74, 6) is 1.61. The summed E-state index contributed by atoms with van der Waals surface area (Å²) < 4.78 is 10.6. The molecule has 0 aliphatic carbocycles. The van der Waals surface area contributed by atoms with Gasteiger partial charge in [0.15, 0.2) is 11.5 Å². The Labute approximate surface area is 125 Å². The molecule has 2 bridgehead atoms. The van der Waals surface area contributed by atoms with Gasteiger partial charge >= 0.3 is 0 Å². The molecule has 5 nitrogen and oxygen atoms in total. The third kappa shape index (κ3) is 2.70. The summed E-state index contributed by atoms with van der Waals surface area (Å²) >= 11 is 0. The van der Waals surface area contributed by atoms with Crippen LogP contribution in [0, 0.1) is 5.92 Å². The van der Waals surface area contributed by atoms with Gasteiger partial charge in [0.05, 0.1) is 19.8 Å². The van der Waals surface area contributed by atoms with E-state index in [4.69, 9.17) is 9.47 Å². The van der Waals surface area contributed by atoms with Crippen LogP contribution < -0.4 is 14.8 Å². The van der Waals surface area contributed by atoms with Crippen molar-refractivity contribution in [3.63, 3.8) is 0 Å². The van der Waals surface area contributed by atoms with Crippen LogP contribution >= 0.6 is 0 Å². The van der Waals surface area contributed by atoms with Crippen LogP contribution in [0.4, 0.5) is 0 Å². The fraction of sp³-hybridized carbons (Fsp3) is 0.562. The molecular weight excluding hydrogens is 268 g/mol. The lowest BCUT2D eigenvalue weighted by Crippen LogP contribution is -2.57. The summed E-state index contributed by atoms with van der Waals surface area (Å²) in [5.41, 5.74) is 0.535. The summed E-state index contributed by atoms with van der Waals surface area (Å²) in [6, 6.07) is 5.63. The highest BCUT2D eigenvalue weighted by Gasteiger charge is 2.35. The number of piperidine rings is 3. The second-order valence-corrected chi connectivity index (χ2v) is 5.76. The van der Waals surface area contributed by atoms with Crippen LogP contribution in [-0.2, 0) is 0 Å². The molecule has 114 valence electrons. The minimum Gasteiger partial charge on any atom is -0.493 e. The first-order chi connectivity index (χ1) is 10.2. The lowest BCUT2D eigenvalue weighted by molar-refractivity contribution is 0.0618. The summed E-state index contributed by atoms with van der Waals surface area (Å²) in [5, 5.41) is 3.18. The first kappa shape index (κ1) is 14.2. The third-order valence-electron chi connectivity index (χ3n) is 4.62. The lowest BCUT2D eigenvalue weighted by Gasteiger charge is -2.44. The summed E-state index contributed by atoms with van der Waals surface area (Å²) in [6.07, 6.45) is 2.36. The average Bonchev–Trinajstić information content (AvgIpc) is 2.55. The van der Waals surface area contributed by atoms with Gasteiger partial charge < -0.3 is 19.7 Å². The second-order valence-electron chi connectivity index (χ2n) is 5.76. The van der Waals surface area contributed by atoms with Gasteiger partial charge in [0.1, 0.15) is 0 Å². The fourth-order valence-corrected chi connectivity index (χ4v) is 3.44. The number of carbonyl (C=O) groups excluding carboxylic acids is 1. The van der Waals surface area contributed by atoms with Crippen molar-refractivity contribution in [2.24, 2.45) is 5.92 Å². The molecule has 21 heavy (non-hydrogen) atoms. The number of ether oxygens (including phenoxy) is 2. The standard InChI is InChI=1S/C16H22N2O3/c1-20-14-5-3-4-12(15(14)21-2)16(19)17-13-10-18-8-6-11(13)7-9-18/h3-5,11,13H,6-10H2,1-2H3,(H,17,19)/t13-/m1/s1. The quantitative estimate of drug-likeness (QED) is 0.913. The van der Waals surface area contributed by atoms with Gasteiger partial charge in [-0.1, -0.05) is 6.07 Å². The summed E-state index contributed by atoms with van der Waals surface area (Å²) in [4.78, 5) is 15.0. The molecule has 3 aliphatic rings. The molecule has 0 radical (unpaired) electrons. The van der Waals surface area contributed by atoms with Crippen LogP contribution in [0.15, 0.2) is 18.2 Å². The molecule has 0 spiro atoms. The maximum absolute atomic E-state index is 12.6. The largest absolute Gasteiger partial charge is 0.493 e. The van der Waals surface area contributed by atoms with E-state index in [1.807, 2.05) is 6.07 Å². The van der Waals surface area contributed by atoms with Gasteiger partial charge in [-0.25, -0.2) is 0 Å². The molecule has 0 unspecified atom stereocenters. The Morgan fingerprint density at radius 3 is 2.57 bits per heavy atom. The molecule has 4 rings (SSSR count). The monoisotopic (exact) mass is 290 g/mol. The number of fused-ring (bicyclic) bond motifs is 3. The van der Waals surface area contributed by atoms with Gasteiger partial charge in [-0.15, -0.1) is 0 Å². The molecule has 3 saturated heterocycles. The van der Waals surface area contributed by atoms with Crippen molar-refractivity contribution in [2.45, 2.75) is 18.9 Å². The molecule has 1 amide bonds. The number of hydrogen-bond acceptors (Lipinski definition) is 4. The Morgan fingerprint density at radius 2 is 2.00 bits per heavy atom. The first-order valence-corrected chi connectivity index (χ1v) is 7.47. The minimum atomic E-state index is -0.0792. The zero-order chi connectivity index (χ0) is 14.8. The number of hydrogen-bond donors (Lipinski definition) is 1. The molecule has 1 N–H and O–H groups in total. The van der Waals surface area contributed by atoms with Crippen molar-refractivity contribution in [3.05, 3.63) is 23.8 Å². The number of nitrogens with zero attached hydrogens (tertiary/aromatic N) is 1. The van der Waals surface area contributed by atoms with Crippen LogP contribution in [0.3, 0.4) is 0 Å². The highest BCUT2D eigenvalue weighted by atomic mass is 16.5. The van der Waals surface area contributed by atoms with E-state index in [9.17, 15) is 4.79 Å². The highest BCUT2D eigenvalue weighted by Crippen LogP contribution is 2.32. The normalized spacial score (nSPS) is 27.2. The van der Waals surface area contributed by atoms with Gasteiger partial charge in [-0.2, -0.15) is 0 Å². The molecule has 3 heterocycles. The van der Waals surface area contributed by atoms with E-state index in [0.717, 1.165) is 6.54 Å². The Balaban J connectivity index is 1.76. The van der Waals surface area contributed by atoms with E-state index in [2.05, 4.69) is 10.2 Å². The molecule has 1 atom stereocenters.